The maximum absolute atomic E-state index is 15.0. The topological polar surface area (TPSA) is 189 Å². The van der Waals surface area contributed by atoms with Gasteiger partial charge in [-0.1, -0.05) is 96.5 Å². The molecule has 4 N–H and O–H groups in total. The molecule has 0 aliphatic carbocycles. The molecule has 15 nitrogen and oxygen atoms in total. The van der Waals surface area contributed by atoms with E-state index in [-0.39, 0.29) is 49.0 Å². The molecule has 3 fully saturated rings. The van der Waals surface area contributed by atoms with Crippen LogP contribution in [0.2, 0.25) is 0 Å². The molecule has 0 aromatic heterocycles. The van der Waals surface area contributed by atoms with Crippen LogP contribution in [0.5, 0.6) is 0 Å². The zero-order valence-electron chi connectivity index (χ0n) is 35.7. The molecule has 0 unspecified atom stereocenters. The van der Waals surface area contributed by atoms with Gasteiger partial charge in [0, 0.05) is 30.8 Å². The summed E-state index contributed by atoms with van der Waals surface area (Å²) >= 11 is 0. The Morgan fingerprint density at radius 2 is 1.37 bits per heavy atom. The molecule has 324 valence electrons. The van der Waals surface area contributed by atoms with Crippen LogP contribution in [-0.4, -0.2) is 122 Å². The summed E-state index contributed by atoms with van der Waals surface area (Å²) in [4.78, 5) is 106. The molecule has 60 heavy (non-hydrogen) atoms. The van der Waals surface area contributed by atoms with Gasteiger partial charge in [-0.25, -0.2) is 0 Å². The van der Waals surface area contributed by atoms with E-state index in [2.05, 4.69) is 16.0 Å². The molecule has 7 atom stereocenters. The molecule has 4 heterocycles. The largest absolute Gasteiger partial charge is 0.365 e. The molecule has 4 aliphatic heterocycles. The first-order valence-corrected chi connectivity index (χ1v) is 21.5. The highest BCUT2D eigenvalue weighted by Crippen LogP contribution is 2.39. The third-order valence-electron chi connectivity index (χ3n) is 12.5. The summed E-state index contributed by atoms with van der Waals surface area (Å²) in [5.74, 6) is -4.58. The van der Waals surface area contributed by atoms with Gasteiger partial charge in [-0.15, -0.1) is 0 Å². The van der Waals surface area contributed by atoms with Crippen LogP contribution in [0.25, 0.3) is 0 Å². The van der Waals surface area contributed by atoms with Gasteiger partial charge in [0.15, 0.2) is 5.72 Å². The lowest BCUT2D eigenvalue weighted by molar-refractivity contribution is -0.155. The first-order valence-electron chi connectivity index (χ1n) is 21.5. The van der Waals surface area contributed by atoms with Gasteiger partial charge in [0.05, 0.1) is 6.54 Å². The number of β-amino-alcohol motifs (C(OH)–C–C–N with tert-alkyl or cyclic N) is 1. The number of hydrogen-bond acceptors (Lipinski definition) is 8. The van der Waals surface area contributed by atoms with E-state index in [4.69, 9.17) is 0 Å². The Labute approximate surface area is 352 Å². The highest BCUT2D eigenvalue weighted by atomic mass is 16.3. The number of rotatable bonds is 7. The van der Waals surface area contributed by atoms with Crippen molar-refractivity contribution >= 4 is 41.4 Å². The molecule has 3 saturated heterocycles. The zero-order chi connectivity index (χ0) is 43.5. The molecule has 2 aromatic carbocycles. The Hall–Kier alpha value is -5.31. The fraction of sp³-hybridized carbons (Fsp3) is 0.578. The van der Waals surface area contributed by atoms with Gasteiger partial charge in [-0.3, -0.25) is 38.5 Å². The van der Waals surface area contributed by atoms with E-state index in [1.807, 2.05) is 65.0 Å². The first kappa shape index (κ1) is 44.2. The maximum Gasteiger partial charge on any atom is 0.257 e. The average molecular weight is 828 g/mol. The molecule has 2 aromatic rings. The van der Waals surface area contributed by atoms with Crippen molar-refractivity contribution in [2.24, 2.45) is 17.8 Å². The lowest BCUT2D eigenvalue weighted by Gasteiger charge is -2.40. The minimum Gasteiger partial charge on any atom is -0.365 e. The van der Waals surface area contributed by atoms with Crippen LogP contribution >= 0.6 is 0 Å². The summed E-state index contributed by atoms with van der Waals surface area (Å²) in [6, 6.07) is 10.6. The summed E-state index contributed by atoms with van der Waals surface area (Å²) in [6.45, 7) is 10.6. The van der Waals surface area contributed by atoms with Gasteiger partial charge >= 0.3 is 0 Å². The molecule has 6 rings (SSSR count). The maximum atomic E-state index is 15.0. The van der Waals surface area contributed by atoms with Crippen molar-refractivity contribution in [3.8, 4) is 0 Å². The summed E-state index contributed by atoms with van der Waals surface area (Å²) in [7, 11) is 0. The average Bonchev–Trinajstić information content (AvgIpc) is 3.96. The van der Waals surface area contributed by atoms with Crippen LogP contribution in [0.3, 0.4) is 0 Å². The quantitative estimate of drug-likeness (QED) is 0.328. The van der Waals surface area contributed by atoms with Crippen molar-refractivity contribution in [2.45, 2.75) is 123 Å². The molecular weight excluding hydrogens is 767 g/mol. The number of fused-ring (bicyclic) bond motifs is 5. The molecule has 7 amide bonds. The van der Waals surface area contributed by atoms with Crippen LogP contribution in [0, 0.1) is 17.8 Å². The predicted octanol–water partition coefficient (Wildman–Crippen LogP) is 2.51. The Kier molecular flexibility index (Phi) is 13.7. The third-order valence-corrected chi connectivity index (χ3v) is 12.5. The van der Waals surface area contributed by atoms with Gasteiger partial charge in [-0.2, -0.15) is 0 Å². The van der Waals surface area contributed by atoms with Crippen molar-refractivity contribution in [2.75, 3.05) is 26.2 Å². The van der Waals surface area contributed by atoms with E-state index >= 15 is 0 Å². The van der Waals surface area contributed by atoms with Gasteiger partial charge in [0.1, 0.15) is 36.8 Å². The molecule has 4 aliphatic rings. The number of hydrogen-bond donors (Lipinski definition) is 4. The smallest absolute Gasteiger partial charge is 0.257 e. The van der Waals surface area contributed by atoms with Crippen LogP contribution < -0.4 is 16.0 Å². The second-order valence-electron chi connectivity index (χ2n) is 17.7. The first-order chi connectivity index (χ1) is 28.5. The number of aliphatic hydroxyl groups is 1. The molecule has 0 saturated carbocycles. The summed E-state index contributed by atoms with van der Waals surface area (Å²) in [6.07, 6.45) is 2.51. The molecule has 15 heteroatoms. The molecular formula is C45H61N7O8. The number of carbonyl (C=O) groups is 7. The number of carbonyl (C=O) groups excluding carboxylic acids is 7. The minimum atomic E-state index is -2.19. The van der Waals surface area contributed by atoms with Gasteiger partial charge in [-0.05, 0) is 61.5 Å². The lowest BCUT2D eigenvalue weighted by Crippen LogP contribution is -2.60. The normalized spacial score (nSPS) is 27.9. The Bertz CT molecular complexity index is 1960. The number of nitrogens with one attached hydrogen (secondary N) is 3. The van der Waals surface area contributed by atoms with Crippen LogP contribution in [0.4, 0.5) is 0 Å². The van der Waals surface area contributed by atoms with Crippen LogP contribution in [0.15, 0.2) is 54.6 Å². The second-order valence-corrected chi connectivity index (χ2v) is 17.7. The van der Waals surface area contributed by atoms with Crippen molar-refractivity contribution in [1.82, 2.24) is 35.6 Å². The van der Waals surface area contributed by atoms with E-state index in [9.17, 15) is 38.7 Å². The van der Waals surface area contributed by atoms with Crippen molar-refractivity contribution < 1.29 is 38.7 Å². The highest BCUT2D eigenvalue weighted by molar-refractivity contribution is 6.02. The van der Waals surface area contributed by atoms with Crippen molar-refractivity contribution in [3.63, 3.8) is 0 Å². The minimum absolute atomic E-state index is 0.0145. The Balaban J connectivity index is 1.45. The van der Waals surface area contributed by atoms with E-state index in [1.54, 1.807) is 31.2 Å². The van der Waals surface area contributed by atoms with Crippen molar-refractivity contribution in [3.05, 3.63) is 71.3 Å². The highest BCUT2D eigenvalue weighted by Gasteiger charge is 2.52. The summed E-state index contributed by atoms with van der Waals surface area (Å²) in [5, 5.41) is 21.5. The fourth-order valence-electron chi connectivity index (χ4n) is 9.09. The van der Waals surface area contributed by atoms with E-state index < -0.39 is 96.3 Å². The van der Waals surface area contributed by atoms with Crippen LogP contribution in [-0.2, 0) is 41.0 Å². The molecule has 0 radical (unpaired) electrons. The number of benzene rings is 2. The fourth-order valence-corrected chi connectivity index (χ4v) is 9.09. The number of nitrogens with zero attached hydrogens (tertiary/aromatic N) is 4. The zero-order valence-corrected chi connectivity index (χ0v) is 35.7. The Morgan fingerprint density at radius 3 is 2.02 bits per heavy atom. The number of amides is 7. The third kappa shape index (κ3) is 9.05. The monoisotopic (exact) mass is 827 g/mol. The summed E-state index contributed by atoms with van der Waals surface area (Å²) < 4.78 is 0. The Morgan fingerprint density at radius 1 is 0.733 bits per heavy atom. The van der Waals surface area contributed by atoms with Gasteiger partial charge in [0.25, 0.3) is 5.91 Å². The van der Waals surface area contributed by atoms with E-state index in [0.29, 0.717) is 32.1 Å². The predicted molar refractivity (Wildman–Crippen MR) is 222 cm³/mol. The SMILES string of the molecule is CC[C@H](C)[C@@H]1NC(=O)CN2C(=O)c3ccccc3[C@]2(O)CN(Cc2ccccc2)C(=O)[C@H]2CCCN2C(=O)[C@H](C(C)C)NC(=O)[C@H]2CCCN2C(=O)[C@H](CC(C)C)NC1=O. The van der Waals surface area contributed by atoms with E-state index in [1.165, 1.54) is 14.7 Å². The molecule has 0 bridgehead atoms. The summed E-state index contributed by atoms with van der Waals surface area (Å²) in [5.41, 5.74) is -1.08. The molecule has 0 spiro atoms. The van der Waals surface area contributed by atoms with Crippen molar-refractivity contribution in [1.29, 1.82) is 0 Å². The lowest BCUT2D eigenvalue weighted by atomic mass is 9.96. The van der Waals surface area contributed by atoms with Gasteiger partial charge in [0.2, 0.25) is 35.4 Å². The van der Waals surface area contributed by atoms with E-state index in [0.717, 1.165) is 10.5 Å². The van der Waals surface area contributed by atoms with Gasteiger partial charge < -0.3 is 35.8 Å². The van der Waals surface area contributed by atoms with Crippen LogP contribution in [0.1, 0.15) is 102 Å². The standard InChI is InChI=1S/C45H61N7O8/c1-7-29(6)38-40(55)46-33(23-27(2)3)42(57)50-21-13-19-34(50)39(54)48-37(28(4)5)44(59)51-22-14-20-35(51)43(58)49(24-30-15-9-8-10-16-30)26-45(60)32-18-12-11-17-31(32)41(56)52(45)25-36(53)47-38/h8-12,15-18,27-29,33-35,37-38,60H,7,13-14,19-26H2,1-6H3,(H,46,55)(H,47,53)(H,48,54)/t29-,33-,34+,35+,37-,38-,45+/m0/s1. The second kappa shape index (κ2) is 18.5.